The molecule has 0 aromatic carbocycles. The van der Waals surface area contributed by atoms with E-state index in [0.717, 1.165) is 12.8 Å². The zero-order valence-electron chi connectivity index (χ0n) is 13.6. The summed E-state index contributed by atoms with van der Waals surface area (Å²) in [5, 5.41) is 0. The van der Waals surface area contributed by atoms with Crippen molar-refractivity contribution in [2.45, 2.75) is 39.5 Å². The van der Waals surface area contributed by atoms with Crippen LogP contribution in [0, 0.1) is 0 Å². The Kier molecular flexibility index (Phi) is 45.9. The summed E-state index contributed by atoms with van der Waals surface area (Å²) < 4.78 is 19.7. The first-order valence-electron chi connectivity index (χ1n) is 5.14. The van der Waals surface area contributed by atoms with Crippen molar-refractivity contribution >= 4 is 15.2 Å². The van der Waals surface area contributed by atoms with E-state index in [9.17, 15) is 28.7 Å². The summed E-state index contributed by atoms with van der Waals surface area (Å²) in [6.45, 7) is 3.69. The summed E-state index contributed by atoms with van der Waals surface area (Å²) in [6.07, 6.45) is 2.12. The molecule has 0 aromatic rings. The van der Waals surface area contributed by atoms with E-state index in [1.54, 1.807) is 0 Å². The van der Waals surface area contributed by atoms with Crippen LogP contribution in [-0.4, -0.2) is 12.3 Å². The summed E-state index contributed by atoms with van der Waals surface area (Å²) >= 11 is 0. The fourth-order valence-electron chi connectivity index (χ4n) is 0.704. The molecule has 0 saturated heterocycles. The molecule has 0 radical (unpaired) electrons. The number of hydrogen-bond acceptors (Lipinski definition) is 6. The van der Waals surface area contributed by atoms with Crippen molar-refractivity contribution in [2.75, 3.05) is 12.3 Å². The molecule has 100 valence electrons. The smallest absolute Gasteiger partial charge is 0.811 e. The second-order valence-electron chi connectivity index (χ2n) is 3.38. The fourth-order valence-corrected chi connectivity index (χ4v) is 2.11. The summed E-state index contributed by atoms with van der Waals surface area (Å²) in [7, 11) is -8.36. The first kappa shape index (κ1) is 39.4. The molecule has 0 fully saturated rings. The molecule has 6 nitrogen and oxygen atoms in total. The van der Waals surface area contributed by atoms with Gasteiger partial charge in [-0.1, -0.05) is 41.9 Å². The van der Waals surface area contributed by atoms with Gasteiger partial charge in [0.2, 0.25) is 0 Å². The SMILES string of the molecule is CCCCP(=O)([O-])[O-].CCCCP(=O)([O-])[O-].[Na+].[Na+].[Na+].[Na+]. The predicted octanol–water partition coefficient (Wildman–Crippen LogP) is -12.6. The van der Waals surface area contributed by atoms with Crippen molar-refractivity contribution in [3.05, 3.63) is 0 Å². The third-order valence-corrected chi connectivity index (χ3v) is 3.30. The topological polar surface area (TPSA) is 126 Å². The Bertz CT molecular complexity index is 231. The molecule has 0 atom stereocenters. The first-order chi connectivity index (χ1) is 7.12. The van der Waals surface area contributed by atoms with Crippen LogP contribution in [0.25, 0.3) is 0 Å². The van der Waals surface area contributed by atoms with Crippen LogP contribution in [0.5, 0.6) is 0 Å². The summed E-state index contributed by atoms with van der Waals surface area (Å²) in [5.41, 5.74) is 0. The van der Waals surface area contributed by atoms with E-state index in [1.807, 2.05) is 13.8 Å². The van der Waals surface area contributed by atoms with E-state index in [4.69, 9.17) is 0 Å². The van der Waals surface area contributed by atoms with Gasteiger partial charge in [-0.2, -0.15) is 0 Å². The third-order valence-electron chi connectivity index (χ3n) is 1.57. The van der Waals surface area contributed by atoms with Crippen molar-refractivity contribution < 1.29 is 147 Å². The van der Waals surface area contributed by atoms with Crippen LogP contribution in [0.1, 0.15) is 39.5 Å². The van der Waals surface area contributed by atoms with Gasteiger partial charge in [0.25, 0.3) is 0 Å². The predicted molar refractivity (Wildman–Crippen MR) is 54.8 cm³/mol. The molecule has 0 aromatic heterocycles. The molecule has 20 heavy (non-hydrogen) atoms. The van der Waals surface area contributed by atoms with Crippen molar-refractivity contribution in [3.63, 3.8) is 0 Å². The zero-order chi connectivity index (χ0) is 13.2. The van der Waals surface area contributed by atoms with Crippen LogP contribution in [-0.2, 0) is 9.13 Å². The molecule has 0 bridgehead atoms. The van der Waals surface area contributed by atoms with Gasteiger partial charge in [-0.25, -0.2) is 0 Å². The van der Waals surface area contributed by atoms with Crippen molar-refractivity contribution in [2.24, 2.45) is 0 Å². The molecular formula is C8H18Na4O6P2. The molecule has 12 heteroatoms. The van der Waals surface area contributed by atoms with E-state index in [-0.39, 0.29) is 131 Å². The van der Waals surface area contributed by atoms with E-state index in [1.165, 1.54) is 0 Å². The van der Waals surface area contributed by atoms with Gasteiger partial charge in [-0.05, 0) is 25.2 Å². The minimum absolute atomic E-state index is 0. The Morgan fingerprint density at radius 2 is 0.850 bits per heavy atom. The quantitative estimate of drug-likeness (QED) is 0.340. The van der Waals surface area contributed by atoms with Crippen molar-refractivity contribution in [1.82, 2.24) is 0 Å². The Morgan fingerprint density at radius 1 is 0.650 bits per heavy atom. The van der Waals surface area contributed by atoms with Crippen LogP contribution in [0.4, 0.5) is 0 Å². The third kappa shape index (κ3) is 49.5. The molecule has 0 rings (SSSR count). The largest absolute Gasteiger partial charge is 1.00 e. The Balaban J connectivity index is -0.0000000408. The van der Waals surface area contributed by atoms with Crippen LogP contribution in [0.3, 0.4) is 0 Å². The molecule has 0 aliphatic heterocycles. The van der Waals surface area contributed by atoms with E-state index < -0.39 is 15.2 Å². The van der Waals surface area contributed by atoms with Crippen molar-refractivity contribution in [3.8, 4) is 0 Å². The van der Waals surface area contributed by atoms with Gasteiger partial charge in [0.15, 0.2) is 0 Å². The van der Waals surface area contributed by atoms with E-state index in [0.29, 0.717) is 12.8 Å². The van der Waals surface area contributed by atoms with E-state index >= 15 is 0 Å². The van der Waals surface area contributed by atoms with E-state index in [2.05, 4.69) is 0 Å². The molecule has 0 unspecified atom stereocenters. The standard InChI is InChI=1S/2C4H11O3P.4Na/c2*1-2-3-4-8(5,6)7;;;;/h2*2-4H2,1H3,(H2,5,6,7);;;;/q;;4*+1/p-4. The molecular weight excluding hydrogens is 346 g/mol. The Hall–Kier alpha value is 4.30. The minimum atomic E-state index is -4.18. The Labute approximate surface area is 210 Å². The van der Waals surface area contributed by atoms with Crippen molar-refractivity contribution in [1.29, 1.82) is 0 Å². The van der Waals surface area contributed by atoms with Crippen LogP contribution >= 0.6 is 15.2 Å². The fraction of sp³-hybridized carbons (Fsp3) is 1.00. The molecule has 0 amide bonds. The number of rotatable bonds is 6. The molecule has 0 aliphatic rings. The van der Waals surface area contributed by atoms with Gasteiger partial charge >= 0.3 is 118 Å². The van der Waals surface area contributed by atoms with Gasteiger partial charge < -0.3 is 28.7 Å². The maximum atomic E-state index is 9.86. The molecule has 0 aliphatic carbocycles. The van der Waals surface area contributed by atoms with Gasteiger partial charge in [0.1, 0.15) is 0 Å². The van der Waals surface area contributed by atoms with Crippen LogP contribution in [0.15, 0.2) is 0 Å². The second kappa shape index (κ2) is 23.3. The Morgan fingerprint density at radius 3 is 0.900 bits per heavy atom. The van der Waals surface area contributed by atoms with Gasteiger partial charge in [0.05, 0.1) is 0 Å². The molecule has 0 spiro atoms. The zero-order valence-corrected chi connectivity index (χ0v) is 23.4. The monoisotopic (exact) mass is 364 g/mol. The maximum Gasteiger partial charge on any atom is 1.00 e. The number of unbranched alkanes of at least 4 members (excludes halogenated alkanes) is 2. The first-order valence-corrected chi connectivity index (χ1v) is 8.60. The van der Waals surface area contributed by atoms with Gasteiger partial charge in [-0.15, -0.1) is 0 Å². The summed E-state index contributed by atoms with van der Waals surface area (Å²) in [6, 6.07) is 0. The van der Waals surface area contributed by atoms with Gasteiger partial charge in [0, 0.05) is 0 Å². The number of hydrogen-bond donors (Lipinski definition) is 0. The minimum Gasteiger partial charge on any atom is -0.811 e. The summed E-state index contributed by atoms with van der Waals surface area (Å²) in [5.74, 6) is 0. The van der Waals surface area contributed by atoms with Crippen LogP contribution in [0.2, 0.25) is 0 Å². The molecule has 0 saturated carbocycles. The average Bonchev–Trinajstić information content (AvgIpc) is 2.10. The molecule has 0 N–H and O–H groups in total. The van der Waals surface area contributed by atoms with Gasteiger partial charge in [-0.3, -0.25) is 0 Å². The maximum absolute atomic E-state index is 9.86. The second-order valence-corrected chi connectivity index (χ2v) is 6.71. The average molecular weight is 364 g/mol. The normalized spacial score (nSPS) is 9.50. The van der Waals surface area contributed by atoms with Crippen LogP contribution < -0.4 is 138 Å². The molecule has 0 heterocycles. The summed E-state index contributed by atoms with van der Waals surface area (Å²) in [4.78, 5) is 39.4.